The van der Waals surface area contributed by atoms with Crippen LogP contribution < -0.4 is 4.72 Å². The Balaban J connectivity index is 2.96. The fraction of sp³-hybridized carbons (Fsp3) is 0.462. The fourth-order valence-electron chi connectivity index (χ4n) is 1.75. The highest BCUT2D eigenvalue weighted by Crippen LogP contribution is 2.21. The van der Waals surface area contributed by atoms with Crippen LogP contribution in [0.3, 0.4) is 0 Å². The SMILES string of the molecule is CCCNS(=O)(=O)c1ccc(C(CC)C(=O)O)cc1. The number of hydrogen-bond acceptors (Lipinski definition) is 3. The number of rotatable bonds is 7. The molecule has 0 aliphatic rings. The Morgan fingerprint density at radius 2 is 1.84 bits per heavy atom. The molecule has 0 bridgehead atoms. The Hall–Kier alpha value is -1.40. The van der Waals surface area contributed by atoms with Gasteiger partial charge in [-0.2, -0.15) is 0 Å². The highest BCUT2D eigenvalue weighted by Gasteiger charge is 2.19. The summed E-state index contributed by atoms with van der Waals surface area (Å²) in [7, 11) is -3.49. The molecule has 2 N–H and O–H groups in total. The highest BCUT2D eigenvalue weighted by atomic mass is 32.2. The van der Waals surface area contributed by atoms with E-state index < -0.39 is 21.9 Å². The van der Waals surface area contributed by atoms with Gasteiger partial charge < -0.3 is 5.11 Å². The molecular weight excluding hydrogens is 266 g/mol. The normalized spacial score (nSPS) is 13.2. The van der Waals surface area contributed by atoms with Crippen molar-refractivity contribution in [3.63, 3.8) is 0 Å². The third kappa shape index (κ3) is 4.04. The maximum absolute atomic E-state index is 11.8. The van der Waals surface area contributed by atoms with Crippen LogP contribution in [0.1, 0.15) is 38.2 Å². The predicted octanol–water partition coefficient (Wildman–Crippen LogP) is 1.95. The van der Waals surface area contributed by atoms with Gasteiger partial charge >= 0.3 is 5.97 Å². The molecule has 1 aromatic rings. The highest BCUT2D eigenvalue weighted by molar-refractivity contribution is 7.89. The molecule has 1 rings (SSSR count). The van der Waals surface area contributed by atoms with Crippen LogP contribution in [0.5, 0.6) is 0 Å². The van der Waals surface area contributed by atoms with Crippen molar-refractivity contribution >= 4 is 16.0 Å². The quantitative estimate of drug-likeness (QED) is 0.802. The number of sulfonamides is 1. The summed E-state index contributed by atoms with van der Waals surface area (Å²) in [6, 6.07) is 6.00. The minimum absolute atomic E-state index is 0.157. The topological polar surface area (TPSA) is 83.5 Å². The van der Waals surface area contributed by atoms with E-state index in [0.29, 0.717) is 24.9 Å². The first-order chi connectivity index (χ1) is 8.92. The summed E-state index contributed by atoms with van der Waals surface area (Å²) >= 11 is 0. The van der Waals surface area contributed by atoms with E-state index in [2.05, 4.69) is 4.72 Å². The Morgan fingerprint density at radius 1 is 1.26 bits per heavy atom. The molecule has 1 unspecified atom stereocenters. The van der Waals surface area contributed by atoms with Crippen molar-refractivity contribution < 1.29 is 18.3 Å². The van der Waals surface area contributed by atoms with Gasteiger partial charge in [-0.15, -0.1) is 0 Å². The summed E-state index contributed by atoms with van der Waals surface area (Å²) < 4.78 is 26.2. The summed E-state index contributed by atoms with van der Waals surface area (Å²) in [6.45, 7) is 4.05. The third-order valence-electron chi connectivity index (χ3n) is 2.84. The van der Waals surface area contributed by atoms with Gasteiger partial charge in [0.05, 0.1) is 10.8 Å². The molecule has 0 aliphatic heterocycles. The molecular formula is C13H19NO4S. The molecule has 0 saturated carbocycles. The van der Waals surface area contributed by atoms with E-state index in [4.69, 9.17) is 5.11 Å². The zero-order valence-electron chi connectivity index (χ0n) is 11.1. The van der Waals surface area contributed by atoms with Gasteiger partial charge in [-0.1, -0.05) is 26.0 Å². The van der Waals surface area contributed by atoms with Crippen molar-refractivity contribution in [2.24, 2.45) is 0 Å². The van der Waals surface area contributed by atoms with Crippen molar-refractivity contribution in [2.75, 3.05) is 6.54 Å². The zero-order valence-corrected chi connectivity index (χ0v) is 11.9. The van der Waals surface area contributed by atoms with Crippen molar-refractivity contribution in [3.8, 4) is 0 Å². The second-order valence-electron chi connectivity index (χ2n) is 4.27. The van der Waals surface area contributed by atoms with Crippen molar-refractivity contribution in [3.05, 3.63) is 29.8 Å². The first kappa shape index (κ1) is 15.7. The van der Waals surface area contributed by atoms with Gasteiger partial charge in [0.1, 0.15) is 0 Å². The van der Waals surface area contributed by atoms with E-state index in [0.717, 1.165) is 0 Å². The lowest BCUT2D eigenvalue weighted by Gasteiger charge is -2.11. The van der Waals surface area contributed by atoms with Gasteiger partial charge in [0.2, 0.25) is 10.0 Å². The van der Waals surface area contributed by atoms with E-state index >= 15 is 0 Å². The smallest absolute Gasteiger partial charge is 0.310 e. The molecule has 0 radical (unpaired) electrons. The van der Waals surface area contributed by atoms with Gasteiger partial charge in [-0.25, -0.2) is 13.1 Å². The van der Waals surface area contributed by atoms with Crippen LogP contribution in [0.2, 0.25) is 0 Å². The molecule has 1 atom stereocenters. The average Bonchev–Trinajstić information content (AvgIpc) is 2.37. The van der Waals surface area contributed by atoms with Gasteiger partial charge in [-0.05, 0) is 30.5 Å². The molecule has 0 amide bonds. The number of aliphatic carboxylic acids is 1. The molecule has 0 aliphatic carbocycles. The largest absolute Gasteiger partial charge is 0.481 e. The molecule has 0 saturated heterocycles. The van der Waals surface area contributed by atoms with Crippen molar-refractivity contribution in [1.29, 1.82) is 0 Å². The Kier molecular flexibility index (Phi) is 5.50. The van der Waals surface area contributed by atoms with Crippen LogP contribution in [-0.4, -0.2) is 26.0 Å². The minimum Gasteiger partial charge on any atom is -0.481 e. The molecule has 106 valence electrons. The summed E-state index contributed by atoms with van der Waals surface area (Å²) in [5, 5.41) is 9.04. The second kappa shape index (κ2) is 6.68. The maximum atomic E-state index is 11.8. The van der Waals surface area contributed by atoms with Crippen LogP contribution in [0.4, 0.5) is 0 Å². The molecule has 0 fully saturated rings. The van der Waals surface area contributed by atoms with Gasteiger partial charge in [-0.3, -0.25) is 4.79 Å². The molecule has 0 spiro atoms. The lowest BCUT2D eigenvalue weighted by Crippen LogP contribution is -2.24. The van der Waals surface area contributed by atoms with Crippen LogP contribution in [0.15, 0.2) is 29.2 Å². The number of carboxylic acids is 1. The zero-order chi connectivity index (χ0) is 14.5. The van der Waals surface area contributed by atoms with Crippen LogP contribution >= 0.6 is 0 Å². The number of benzene rings is 1. The standard InChI is InChI=1S/C13H19NO4S/c1-3-9-14-19(17,18)11-7-5-10(6-8-11)12(4-2)13(15)16/h5-8,12,14H,3-4,9H2,1-2H3,(H,15,16). The van der Waals surface area contributed by atoms with Crippen molar-refractivity contribution in [1.82, 2.24) is 4.72 Å². The first-order valence-electron chi connectivity index (χ1n) is 6.24. The van der Waals surface area contributed by atoms with E-state index in [1.165, 1.54) is 12.1 Å². The van der Waals surface area contributed by atoms with E-state index in [1.807, 2.05) is 6.92 Å². The van der Waals surface area contributed by atoms with E-state index in [-0.39, 0.29) is 4.90 Å². The summed E-state index contributed by atoms with van der Waals surface area (Å²) in [6.07, 6.45) is 1.18. The minimum atomic E-state index is -3.49. The molecule has 6 heteroatoms. The van der Waals surface area contributed by atoms with Crippen LogP contribution in [-0.2, 0) is 14.8 Å². The summed E-state index contributed by atoms with van der Waals surface area (Å²) in [5.41, 5.74) is 0.615. The lowest BCUT2D eigenvalue weighted by atomic mass is 9.97. The third-order valence-corrected chi connectivity index (χ3v) is 4.32. The maximum Gasteiger partial charge on any atom is 0.310 e. The monoisotopic (exact) mass is 285 g/mol. The van der Waals surface area contributed by atoms with E-state index in [1.54, 1.807) is 19.1 Å². The number of hydrogen-bond donors (Lipinski definition) is 2. The average molecular weight is 285 g/mol. The number of carbonyl (C=O) groups is 1. The molecule has 19 heavy (non-hydrogen) atoms. The first-order valence-corrected chi connectivity index (χ1v) is 7.73. The van der Waals surface area contributed by atoms with Gasteiger partial charge in [0.25, 0.3) is 0 Å². The van der Waals surface area contributed by atoms with Crippen LogP contribution in [0, 0.1) is 0 Å². The molecule has 0 aromatic heterocycles. The number of nitrogens with one attached hydrogen (secondary N) is 1. The summed E-state index contributed by atoms with van der Waals surface area (Å²) in [4.78, 5) is 11.2. The number of carboxylic acid groups (broad SMARTS) is 1. The second-order valence-corrected chi connectivity index (χ2v) is 6.03. The van der Waals surface area contributed by atoms with Gasteiger partial charge in [0, 0.05) is 6.54 Å². The fourth-order valence-corrected chi connectivity index (χ4v) is 2.89. The molecule has 1 aromatic carbocycles. The lowest BCUT2D eigenvalue weighted by molar-refractivity contribution is -0.138. The Labute approximate surface area is 113 Å². The van der Waals surface area contributed by atoms with Gasteiger partial charge in [0.15, 0.2) is 0 Å². The van der Waals surface area contributed by atoms with Crippen molar-refractivity contribution in [2.45, 2.75) is 37.5 Å². The Bertz CT molecular complexity index is 522. The predicted molar refractivity (Wildman–Crippen MR) is 72.6 cm³/mol. The molecule has 5 nitrogen and oxygen atoms in total. The van der Waals surface area contributed by atoms with E-state index in [9.17, 15) is 13.2 Å². The van der Waals surface area contributed by atoms with Crippen LogP contribution in [0.25, 0.3) is 0 Å². The molecule has 0 heterocycles. The summed E-state index contributed by atoms with van der Waals surface area (Å²) in [5.74, 6) is -1.50. The Morgan fingerprint density at radius 3 is 2.26 bits per heavy atom.